The Labute approximate surface area is 202 Å². The van der Waals surface area contributed by atoms with Crippen LogP contribution < -0.4 is 4.74 Å². The maximum atomic E-state index is 13.5. The average Bonchev–Trinajstić information content (AvgIpc) is 3.56. The van der Waals surface area contributed by atoms with Crippen molar-refractivity contribution in [2.45, 2.75) is 31.6 Å². The lowest BCUT2D eigenvalue weighted by Crippen LogP contribution is -2.17. The molecular weight excluding hydrogens is 416 g/mol. The van der Waals surface area contributed by atoms with Gasteiger partial charge in [0.1, 0.15) is 11.5 Å². The molecule has 0 spiro atoms. The third-order valence-corrected chi connectivity index (χ3v) is 7.09. The number of carbonyl (C=O) groups is 1. The second-order valence-corrected chi connectivity index (χ2v) is 9.19. The van der Waals surface area contributed by atoms with E-state index in [-0.39, 0.29) is 11.8 Å². The number of carbonyl (C=O) groups excluding carboxylic acids is 1. The van der Waals surface area contributed by atoms with Crippen molar-refractivity contribution in [3.8, 4) is 5.75 Å². The van der Waals surface area contributed by atoms with Crippen molar-refractivity contribution >= 4 is 16.9 Å². The lowest BCUT2D eigenvalue weighted by molar-refractivity contribution is -0.121. The van der Waals surface area contributed by atoms with E-state index in [1.807, 2.05) is 24.3 Å². The molecule has 0 heterocycles. The van der Waals surface area contributed by atoms with Crippen LogP contribution in [0.2, 0.25) is 0 Å². The molecule has 3 aromatic carbocycles. The molecular formula is C32H30O2. The highest BCUT2D eigenvalue weighted by molar-refractivity contribution is 5.88. The predicted octanol–water partition coefficient (Wildman–Crippen LogP) is 7.65. The second kappa shape index (κ2) is 10.1. The first-order valence-electron chi connectivity index (χ1n) is 12.1. The van der Waals surface area contributed by atoms with Gasteiger partial charge in [-0.15, -0.1) is 0 Å². The van der Waals surface area contributed by atoms with E-state index in [4.69, 9.17) is 4.74 Å². The van der Waals surface area contributed by atoms with Crippen LogP contribution in [0.4, 0.5) is 0 Å². The molecule has 0 bridgehead atoms. The van der Waals surface area contributed by atoms with Crippen molar-refractivity contribution < 1.29 is 9.53 Å². The number of ketones is 1. The molecule has 2 heteroatoms. The Balaban J connectivity index is 1.29. The molecule has 2 atom stereocenters. The van der Waals surface area contributed by atoms with Crippen molar-refractivity contribution in [2.75, 3.05) is 7.11 Å². The van der Waals surface area contributed by atoms with Gasteiger partial charge in [0.2, 0.25) is 0 Å². The fourth-order valence-corrected chi connectivity index (χ4v) is 5.18. The summed E-state index contributed by atoms with van der Waals surface area (Å²) in [5.41, 5.74) is 7.64. The first kappa shape index (κ1) is 22.2. The largest absolute Gasteiger partial charge is 0.497 e. The van der Waals surface area contributed by atoms with E-state index in [0.29, 0.717) is 12.2 Å². The molecule has 0 N–H and O–H groups in total. The van der Waals surface area contributed by atoms with E-state index in [1.165, 1.54) is 33.4 Å². The number of Topliss-reactive ketones (excluding diaryl/α,β-unsaturated/α-hetero) is 1. The topological polar surface area (TPSA) is 26.3 Å². The molecule has 3 aromatic rings. The Bertz CT molecular complexity index is 1230. The summed E-state index contributed by atoms with van der Waals surface area (Å²) >= 11 is 0. The Kier molecular flexibility index (Phi) is 6.58. The number of allylic oxidation sites excluding steroid dienone is 6. The minimum absolute atomic E-state index is 0.0906. The van der Waals surface area contributed by atoms with E-state index in [2.05, 4.69) is 78.9 Å². The van der Waals surface area contributed by atoms with Gasteiger partial charge in [0.15, 0.2) is 0 Å². The predicted molar refractivity (Wildman–Crippen MR) is 140 cm³/mol. The van der Waals surface area contributed by atoms with E-state index < -0.39 is 0 Å². The zero-order chi connectivity index (χ0) is 23.3. The van der Waals surface area contributed by atoms with Gasteiger partial charge in [-0.1, -0.05) is 96.6 Å². The Hall–Kier alpha value is -3.65. The van der Waals surface area contributed by atoms with Gasteiger partial charge in [0.25, 0.3) is 0 Å². The summed E-state index contributed by atoms with van der Waals surface area (Å²) < 4.78 is 5.34. The zero-order valence-electron chi connectivity index (χ0n) is 19.6. The summed E-state index contributed by atoms with van der Waals surface area (Å²) in [6.45, 7) is 0. The number of benzene rings is 3. The molecule has 34 heavy (non-hydrogen) atoms. The molecule has 0 saturated carbocycles. The van der Waals surface area contributed by atoms with Crippen molar-refractivity contribution in [2.24, 2.45) is 5.92 Å². The van der Waals surface area contributed by atoms with Crippen LogP contribution in [0.5, 0.6) is 5.75 Å². The Morgan fingerprint density at radius 3 is 2.12 bits per heavy atom. The van der Waals surface area contributed by atoms with Crippen LogP contribution in [0, 0.1) is 5.92 Å². The molecule has 5 rings (SSSR count). The van der Waals surface area contributed by atoms with Gasteiger partial charge in [-0.05, 0) is 59.2 Å². The normalized spacial score (nSPS) is 19.4. The van der Waals surface area contributed by atoms with Crippen molar-refractivity contribution in [3.63, 3.8) is 0 Å². The van der Waals surface area contributed by atoms with Crippen LogP contribution >= 0.6 is 0 Å². The van der Waals surface area contributed by atoms with Crippen LogP contribution in [-0.2, 0) is 4.79 Å². The van der Waals surface area contributed by atoms with E-state index >= 15 is 0 Å². The molecule has 2 nitrogen and oxygen atoms in total. The molecule has 170 valence electrons. The van der Waals surface area contributed by atoms with Crippen molar-refractivity contribution in [1.82, 2.24) is 0 Å². The highest BCUT2D eigenvalue weighted by Gasteiger charge is 2.34. The number of ether oxygens (including phenoxy) is 1. The number of methoxy groups -OCH3 is 1. The highest BCUT2D eigenvalue weighted by atomic mass is 16.5. The highest BCUT2D eigenvalue weighted by Crippen LogP contribution is 2.44. The Morgan fingerprint density at radius 2 is 1.47 bits per heavy atom. The zero-order valence-corrected chi connectivity index (χ0v) is 19.6. The van der Waals surface area contributed by atoms with E-state index in [9.17, 15) is 4.79 Å². The van der Waals surface area contributed by atoms with E-state index in [0.717, 1.165) is 25.0 Å². The summed E-state index contributed by atoms with van der Waals surface area (Å²) in [6, 6.07) is 29.2. The maximum Gasteiger partial charge on any atom is 0.140 e. The van der Waals surface area contributed by atoms with Crippen LogP contribution in [0.3, 0.4) is 0 Å². The van der Waals surface area contributed by atoms with Crippen LogP contribution in [0.25, 0.3) is 11.1 Å². The molecule has 0 aromatic heterocycles. The standard InChI is InChI=1S/C32H30O2/c1-34-29-17-15-26(16-18-29)30-21-28(25-10-6-3-7-11-25)22-31(30)32(33)19-13-23-12-14-27(20-23)24-8-4-2-5-9-24/h2-12,14-18,22,30-31H,13,19-21H2,1H3. The van der Waals surface area contributed by atoms with E-state index in [1.54, 1.807) is 7.11 Å². The van der Waals surface area contributed by atoms with Crippen LogP contribution in [0.15, 0.2) is 109 Å². The molecule has 2 aliphatic rings. The smallest absolute Gasteiger partial charge is 0.140 e. The van der Waals surface area contributed by atoms with Gasteiger partial charge in [-0.2, -0.15) is 0 Å². The van der Waals surface area contributed by atoms with Gasteiger partial charge in [-0.25, -0.2) is 0 Å². The molecule has 0 amide bonds. The van der Waals surface area contributed by atoms with Gasteiger partial charge >= 0.3 is 0 Å². The molecule has 2 unspecified atom stereocenters. The van der Waals surface area contributed by atoms with Crippen molar-refractivity contribution in [3.05, 3.63) is 125 Å². The van der Waals surface area contributed by atoms with Crippen LogP contribution in [0.1, 0.15) is 48.3 Å². The second-order valence-electron chi connectivity index (χ2n) is 9.19. The summed E-state index contributed by atoms with van der Waals surface area (Å²) in [6.07, 6.45) is 9.87. The quantitative estimate of drug-likeness (QED) is 0.355. The minimum Gasteiger partial charge on any atom is -0.497 e. The monoisotopic (exact) mass is 446 g/mol. The maximum absolute atomic E-state index is 13.5. The Morgan fingerprint density at radius 1 is 0.824 bits per heavy atom. The summed E-state index contributed by atoms with van der Waals surface area (Å²) in [5.74, 6) is 1.26. The SMILES string of the molecule is COc1ccc(C2CC(c3ccccc3)=CC2C(=O)CCC2=CC=C(c3ccccc3)C2)cc1. The first-order valence-corrected chi connectivity index (χ1v) is 12.1. The summed E-state index contributed by atoms with van der Waals surface area (Å²) in [4.78, 5) is 13.5. The molecule has 2 aliphatic carbocycles. The summed E-state index contributed by atoms with van der Waals surface area (Å²) in [7, 11) is 1.68. The molecule has 0 saturated heterocycles. The van der Waals surface area contributed by atoms with Gasteiger partial charge in [-0.3, -0.25) is 4.79 Å². The third-order valence-electron chi connectivity index (χ3n) is 7.09. The lowest BCUT2D eigenvalue weighted by atomic mass is 9.83. The molecule has 0 aliphatic heterocycles. The lowest BCUT2D eigenvalue weighted by Gasteiger charge is -2.19. The average molecular weight is 447 g/mol. The summed E-state index contributed by atoms with van der Waals surface area (Å²) in [5, 5.41) is 0. The van der Waals surface area contributed by atoms with Gasteiger partial charge in [0, 0.05) is 18.3 Å². The number of hydrogen-bond acceptors (Lipinski definition) is 2. The molecule has 0 fully saturated rings. The van der Waals surface area contributed by atoms with Gasteiger partial charge in [0.05, 0.1) is 7.11 Å². The van der Waals surface area contributed by atoms with Crippen LogP contribution in [-0.4, -0.2) is 12.9 Å². The number of rotatable bonds is 8. The fraction of sp³-hybridized carbons (Fsp3) is 0.219. The van der Waals surface area contributed by atoms with Crippen molar-refractivity contribution in [1.29, 1.82) is 0 Å². The minimum atomic E-state index is -0.0906. The first-order chi connectivity index (χ1) is 16.7. The third kappa shape index (κ3) is 4.82. The fourth-order valence-electron chi connectivity index (χ4n) is 5.18. The molecule has 0 radical (unpaired) electrons. The number of hydrogen-bond donors (Lipinski definition) is 0. The van der Waals surface area contributed by atoms with Gasteiger partial charge < -0.3 is 4.74 Å².